The van der Waals surface area contributed by atoms with Crippen LogP contribution in [0.4, 0.5) is 22.0 Å². The lowest BCUT2D eigenvalue weighted by molar-refractivity contribution is -0.139. The molecule has 1 amide bonds. The van der Waals surface area contributed by atoms with E-state index in [1.807, 2.05) is 0 Å². The number of rotatable bonds is 12. The Balaban J connectivity index is 1.52. The molecule has 0 saturated carbocycles. The Kier molecular flexibility index (Phi) is 10.9. The Morgan fingerprint density at radius 2 is 1.72 bits per heavy atom. The number of aromatic nitrogens is 1. The minimum Gasteiger partial charge on any atom is -0.481 e. The number of benzene rings is 2. The number of carbonyl (C=O) groups is 2. The van der Waals surface area contributed by atoms with Crippen LogP contribution in [-0.2, 0) is 26.9 Å². The monoisotopic (exact) mass is 703 g/mol. The fourth-order valence-corrected chi connectivity index (χ4v) is 7.35. The molecule has 2 aliphatic heterocycles. The molecule has 270 valence electrons. The molecule has 2 bridgehead atoms. The molecule has 4 atom stereocenters. The van der Waals surface area contributed by atoms with Gasteiger partial charge in [0.05, 0.1) is 30.7 Å². The number of alkyl halides is 3. The number of halogens is 5. The molecule has 2 aromatic carbocycles. The third-order valence-electron chi connectivity index (χ3n) is 9.62. The van der Waals surface area contributed by atoms with Crippen LogP contribution in [0.25, 0.3) is 11.1 Å². The van der Waals surface area contributed by atoms with Gasteiger partial charge in [-0.2, -0.15) is 13.2 Å². The predicted molar refractivity (Wildman–Crippen MR) is 177 cm³/mol. The van der Waals surface area contributed by atoms with Crippen LogP contribution in [0.2, 0.25) is 0 Å². The van der Waals surface area contributed by atoms with Crippen LogP contribution < -0.4 is 10.9 Å². The summed E-state index contributed by atoms with van der Waals surface area (Å²) in [5, 5.41) is 12.4. The van der Waals surface area contributed by atoms with Gasteiger partial charge in [0.15, 0.2) is 0 Å². The average molecular weight is 704 g/mol. The van der Waals surface area contributed by atoms with E-state index < -0.39 is 59.3 Å². The number of hydrogen-bond donors (Lipinski definition) is 2. The van der Waals surface area contributed by atoms with Crippen LogP contribution in [0.1, 0.15) is 78.6 Å². The fourth-order valence-electron chi connectivity index (χ4n) is 7.35. The first-order valence-corrected chi connectivity index (χ1v) is 16.7. The zero-order chi connectivity index (χ0) is 36.7. The van der Waals surface area contributed by atoms with Gasteiger partial charge in [0.1, 0.15) is 17.7 Å². The summed E-state index contributed by atoms with van der Waals surface area (Å²) in [4.78, 5) is 41.5. The van der Waals surface area contributed by atoms with Crippen LogP contribution in [-0.4, -0.2) is 58.3 Å². The van der Waals surface area contributed by atoms with Crippen LogP contribution >= 0.6 is 0 Å². The number of ether oxygens (including phenoxy) is 1. The molecule has 2 saturated heterocycles. The number of aliphatic carboxylic acids is 1. The molecule has 5 rings (SSSR count). The summed E-state index contributed by atoms with van der Waals surface area (Å²) in [6, 6.07) is 3.50. The van der Waals surface area contributed by atoms with Crippen LogP contribution in [0.3, 0.4) is 0 Å². The summed E-state index contributed by atoms with van der Waals surface area (Å²) >= 11 is 0. The SMILES string of the molecule is Cc1cc(-c2c(C)cc(F)cc2C)cc([C@@H](CC(=O)O)NC(=O)[C@H](CC(C)C)n2cc(CCN3C[C@@H]4C[C@H]3CO4)c(C(F)(F)F)cc2=O)c1F. The van der Waals surface area contributed by atoms with E-state index in [-0.39, 0.29) is 47.6 Å². The Hall–Kier alpha value is -4.10. The van der Waals surface area contributed by atoms with Gasteiger partial charge in [-0.15, -0.1) is 0 Å². The van der Waals surface area contributed by atoms with Gasteiger partial charge in [-0.05, 0) is 104 Å². The van der Waals surface area contributed by atoms with Gasteiger partial charge in [-0.25, -0.2) is 8.78 Å². The first kappa shape index (κ1) is 37.2. The van der Waals surface area contributed by atoms with Crippen LogP contribution in [0.5, 0.6) is 0 Å². The number of fused-ring (bicyclic) bond motifs is 2. The van der Waals surface area contributed by atoms with Crippen molar-refractivity contribution in [2.45, 2.75) is 90.7 Å². The number of nitrogens with one attached hydrogen (secondary N) is 1. The number of carboxylic acids is 1. The number of carboxylic acid groups (broad SMARTS) is 1. The summed E-state index contributed by atoms with van der Waals surface area (Å²) in [6.07, 6.45) is -3.60. The average Bonchev–Trinajstić information content (AvgIpc) is 3.63. The number of amides is 1. The van der Waals surface area contributed by atoms with Crippen molar-refractivity contribution >= 4 is 11.9 Å². The summed E-state index contributed by atoms with van der Waals surface area (Å²) in [5.74, 6) is -3.61. The zero-order valence-electron chi connectivity index (χ0n) is 28.7. The van der Waals surface area contributed by atoms with Crippen LogP contribution in [0, 0.1) is 38.3 Å². The van der Waals surface area contributed by atoms with Gasteiger partial charge in [-0.3, -0.25) is 19.3 Å². The molecule has 0 unspecified atom stereocenters. The molecular formula is C37H42F5N3O5. The van der Waals surface area contributed by atoms with Crippen molar-refractivity contribution in [3.8, 4) is 11.1 Å². The second-order valence-corrected chi connectivity index (χ2v) is 14.0. The number of pyridine rings is 1. The molecule has 1 aromatic heterocycles. The van der Waals surface area contributed by atoms with Gasteiger partial charge >= 0.3 is 12.1 Å². The first-order chi connectivity index (χ1) is 23.4. The fraction of sp³-hybridized carbons (Fsp3) is 0.486. The Labute approximate surface area is 287 Å². The number of hydrogen-bond acceptors (Lipinski definition) is 5. The quantitative estimate of drug-likeness (QED) is 0.205. The van der Waals surface area contributed by atoms with Gasteiger partial charge < -0.3 is 19.7 Å². The Morgan fingerprint density at radius 3 is 2.28 bits per heavy atom. The first-order valence-electron chi connectivity index (χ1n) is 16.7. The van der Waals surface area contributed by atoms with Crippen molar-refractivity contribution in [3.05, 3.63) is 91.9 Å². The molecule has 0 aliphatic carbocycles. The Bertz CT molecular complexity index is 1820. The van der Waals surface area contributed by atoms with E-state index >= 15 is 4.39 Å². The molecule has 2 aliphatic rings. The van der Waals surface area contributed by atoms with Crippen molar-refractivity contribution < 1.29 is 41.4 Å². The highest BCUT2D eigenvalue weighted by atomic mass is 19.4. The zero-order valence-corrected chi connectivity index (χ0v) is 28.7. The predicted octanol–water partition coefficient (Wildman–Crippen LogP) is 6.67. The smallest absolute Gasteiger partial charge is 0.416 e. The Morgan fingerprint density at radius 1 is 1.04 bits per heavy atom. The number of likely N-dealkylation sites (tertiary alicyclic amines) is 1. The van der Waals surface area contributed by atoms with Crippen molar-refractivity contribution in [2.24, 2.45) is 5.92 Å². The molecule has 3 aromatic rings. The standard InChI is InChI=1S/C37H42F5N3O5/c1-19(2)8-31(45-16-23(29(14-32(45)46)37(40,41)42)6-7-44-17-27-13-26(44)18-50-27)36(49)43-30(15-33(47)48)28-12-24(9-22(5)35(28)39)34-20(3)10-25(38)11-21(34)4/h9-12,14,16,19,26-27,30-31H,6-8,13,15,17-18H2,1-5H3,(H,43,49)(H,47,48)/t26-,27-,30+,31-/m0/s1. The lowest BCUT2D eigenvalue weighted by Gasteiger charge is -2.28. The van der Waals surface area contributed by atoms with Crippen molar-refractivity contribution in [3.63, 3.8) is 0 Å². The van der Waals surface area contributed by atoms with Crippen molar-refractivity contribution in [2.75, 3.05) is 19.7 Å². The van der Waals surface area contributed by atoms with Gasteiger partial charge in [0.2, 0.25) is 5.91 Å². The van der Waals surface area contributed by atoms with E-state index in [9.17, 15) is 37.1 Å². The molecule has 50 heavy (non-hydrogen) atoms. The summed E-state index contributed by atoms with van der Waals surface area (Å²) in [6.45, 7) is 9.83. The van der Waals surface area contributed by atoms with Crippen LogP contribution in [0.15, 0.2) is 41.3 Å². The molecule has 2 N–H and O–H groups in total. The third-order valence-corrected chi connectivity index (χ3v) is 9.62. The molecule has 0 spiro atoms. The van der Waals surface area contributed by atoms with E-state index in [1.165, 1.54) is 25.1 Å². The van der Waals surface area contributed by atoms with Gasteiger partial charge in [-0.1, -0.05) is 13.8 Å². The topological polar surface area (TPSA) is 101 Å². The minimum absolute atomic E-state index is 0.0269. The molecule has 13 heteroatoms. The maximum atomic E-state index is 15.8. The molecule has 8 nitrogen and oxygen atoms in total. The highest BCUT2D eigenvalue weighted by molar-refractivity contribution is 5.82. The summed E-state index contributed by atoms with van der Waals surface area (Å²) in [5.41, 5.74) is -0.00728. The number of aryl methyl sites for hydroxylation is 3. The van der Waals surface area contributed by atoms with E-state index in [0.717, 1.165) is 17.2 Å². The molecular weight excluding hydrogens is 661 g/mol. The third kappa shape index (κ3) is 8.10. The maximum absolute atomic E-state index is 15.8. The normalized spacial score (nSPS) is 18.9. The maximum Gasteiger partial charge on any atom is 0.416 e. The van der Waals surface area contributed by atoms with E-state index in [2.05, 4.69) is 10.2 Å². The molecule has 2 fully saturated rings. The second kappa shape index (κ2) is 14.6. The van der Waals surface area contributed by atoms with Gasteiger partial charge in [0, 0.05) is 37.0 Å². The highest BCUT2D eigenvalue weighted by Gasteiger charge is 2.40. The number of nitrogens with zero attached hydrogens (tertiary/aromatic N) is 2. The largest absolute Gasteiger partial charge is 0.481 e. The number of carbonyl (C=O) groups excluding carboxylic acids is 1. The minimum atomic E-state index is -4.81. The summed E-state index contributed by atoms with van der Waals surface area (Å²) in [7, 11) is 0. The lowest BCUT2D eigenvalue weighted by Crippen LogP contribution is -2.41. The number of morpholine rings is 1. The van der Waals surface area contributed by atoms with E-state index in [1.54, 1.807) is 33.8 Å². The van der Waals surface area contributed by atoms with Gasteiger partial charge in [0.25, 0.3) is 5.56 Å². The molecule has 3 heterocycles. The second-order valence-electron chi connectivity index (χ2n) is 14.0. The lowest BCUT2D eigenvalue weighted by atomic mass is 9.90. The summed E-state index contributed by atoms with van der Waals surface area (Å²) < 4.78 is 79.0. The molecule has 0 radical (unpaired) electrons. The van der Waals surface area contributed by atoms with Crippen molar-refractivity contribution in [1.29, 1.82) is 0 Å². The van der Waals surface area contributed by atoms with E-state index in [4.69, 9.17) is 4.74 Å². The highest BCUT2D eigenvalue weighted by Crippen LogP contribution is 2.36. The van der Waals surface area contributed by atoms with E-state index in [0.29, 0.717) is 48.0 Å². The van der Waals surface area contributed by atoms with Crippen molar-refractivity contribution in [1.82, 2.24) is 14.8 Å².